The summed E-state index contributed by atoms with van der Waals surface area (Å²) in [5.74, 6) is 0. The van der Waals surface area contributed by atoms with E-state index in [9.17, 15) is 14.9 Å². The number of hydrogen-bond acceptors (Lipinski definition) is 6. The number of thioether (sulfide) groups is 1. The number of rotatable bonds is 4. The van der Waals surface area contributed by atoms with Crippen LogP contribution in [0.25, 0.3) is 0 Å². The first-order valence-electron chi connectivity index (χ1n) is 5.92. The Labute approximate surface area is 114 Å². The summed E-state index contributed by atoms with van der Waals surface area (Å²) >= 11 is 1.20. The van der Waals surface area contributed by atoms with Gasteiger partial charge in [0.2, 0.25) is 0 Å². The molecular formula is C12H14N2O4S. The van der Waals surface area contributed by atoms with Crippen molar-refractivity contribution in [3.63, 3.8) is 0 Å². The Morgan fingerprint density at radius 3 is 2.79 bits per heavy atom. The van der Waals surface area contributed by atoms with E-state index in [2.05, 4.69) is 5.32 Å². The summed E-state index contributed by atoms with van der Waals surface area (Å²) in [5, 5.41) is 13.6. The Balaban J connectivity index is 1.77. The van der Waals surface area contributed by atoms with E-state index in [1.165, 1.54) is 23.9 Å². The molecule has 6 nitrogen and oxygen atoms in total. The number of non-ortho nitro benzene ring substituents is 1. The molecule has 1 aromatic rings. The number of ether oxygens (including phenoxy) is 1. The fourth-order valence-corrected chi connectivity index (χ4v) is 2.59. The predicted octanol–water partition coefficient (Wildman–Crippen LogP) is 2.33. The van der Waals surface area contributed by atoms with Crippen molar-refractivity contribution < 1.29 is 14.5 Å². The molecule has 1 heterocycles. The lowest BCUT2D eigenvalue weighted by molar-refractivity contribution is -0.384. The molecule has 19 heavy (non-hydrogen) atoms. The summed E-state index contributed by atoms with van der Waals surface area (Å²) in [6.07, 6.45) is 0.970. The van der Waals surface area contributed by atoms with E-state index in [0.717, 1.165) is 25.1 Å². The average molecular weight is 282 g/mol. The fourth-order valence-electron chi connectivity index (χ4n) is 1.76. The van der Waals surface area contributed by atoms with E-state index < -0.39 is 4.92 Å². The minimum absolute atomic E-state index is 0.0291. The average Bonchev–Trinajstić information content (AvgIpc) is 2.89. The molecule has 1 aromatic carbocycles. The Morgan fingerprint density at radius 1 is 1.47 bits per heavy atom. The van der Waals surface area contributed by atoms with E-state index in [4.69, 9.17) is 4.74 Å². The number of benzene rings is 1. The number of nitrogens with zero attached hydrogens (tertiary/aromatic N) is 1. The van der Waals surface area contributed by atoms with Crippen molar-refractivity contribution in [3.05, 3.63) is 39.9 Å². The molecule has 0 aromatic heterocycles. The van der Waals surface area contributed by atoms with Gasteiger partial charge in [-0.2, -0.15) is 0 Å². The molecule has 2 rings (SSSR count). The van der Waals surface area contributed by atoms with Crippen LogP contribution in [0.2, 0.25) is 0 Å². The van der Waals surface area contributed by atoms with Gasteiger partial charge >= 0.3 is 5.30 Å². The van der Waals surface area contributed by atoms with Gasteiger partial charge in [0, 0.05) is 23.9 Å². The first kappa shape index (κ1) is 13.8. The van der Waals surface area contributed by atoms with Gasteiger partial charge in [-0.15, -0.1) is 0 Å². The second-order valence-electron chi connectivity index (χ2n) is 4.19. The van der Waals surface area contributed by atoms with Crippen molar-refractivity contribution in [2.45, 2.75) is 18.3 Å². The van der Waals surface area contributed by atoms with Crippen LogP contribution in [0, 0.1) is 10.1 Å². The zero-order valence-corrected chi connectivity index (χ0v) is 11.0. The lowest BCUT2D eigenvalue weighted by atomic mass is 10.2. The zero-order chi connectivity index (χ0) is 13.7. The molecular weight excluding hydrogens is 268 g/mol. The van der Waals surface area contributed by atoms with Gasteiger partial charge in [0.15, 0.2) is 0 Å². The standard InChI is InChI=1S/C12H14N2O4S/c15-12(19-11-5-6-13-7-11)18-8-9-1-3-10(4-2-9)14(16)17/h1-4,11,13H,5-8H2. The monoisotopic (exact) mass is 282 g/mol. The van der Waals surface area contributed by atoms with Crippen molar-refractivity contribution in [1.29, 1.82) is 0 Å². The molecule has 1 N–H and O–H groups in total. The van der Waals surface area contributed by atoms with E-state index >= 15 is 0 Å². The number of nitro benzene ring substituents is 1. The van der Waals surface area contributed by atoms with Crippen molar-refractivity contribution in [1.82, 2.24) is 5.32 Å². The minimum atomic E-state index is -0.460. The SMILES string of the molecule is O=C(OCc1ccc([N+](=O)[O-])cc1)SC1CCNC1. The van der Waals surface area contributed by atoms with Gasteiger partial charge in [-0.25, -0.2) is 4.79 Å². The molecule has 0 radical (unpaired) electrons. The fraction of sp³-hybridized carbons (Fsp3) is 0.417. The molecule has 0 aliphatic carbocycles. The highest BCUT2D eigenvalue weighted by Gasteiger charge is 2.19. The number of nitrogens with one attached hydrogen (secondary N) is 1. The van der Waals surface area contributed by atoms with Crippen molar-refractivity contribution >= 4 is 22.8 Å². The Morgan fingerprint density at radius 2 is 2.21 bits per heavy atom. The summed E-state index contributed by atoms with van der Waals surface area (Å²) < 4.78 is 5.12. The minimum Gasteiger partial charge on any atom is -0.453 e. The third-order valence-electron chi connectivity index (χ3n) is 2.78. The normalized spacial score (nSPS) is 18.2. The molecule has 7 heteroatoms. The molecule has 1 fully saturated rings. The maximum atomic E-state index is 11.6. The van der Waals surface area contributed by atoms with Gasteiger partial charge < -0.3 is 10.1 Å². The molecule has 1 aliphatic rings. The van der Waals surface area contributed by atoms with Gasteiger partial charge in [0.1, 0.15) is 6.61 Å². The summed E-state index contributed by atoms with van der Waals surface area (Å²) in [7, 11) is 0. The van der Waals surface area contributed by atoms with Crippen LogP contribution in [-0.4, -0.2) is 28.6 Å². The van der Waals surface area contributed by atoms with Crippen molar-refractivity contribution in [3.8, 4) is 0 Å². The number of hydrogen-bond donors (Lipinski definition) is 1. The lowest BCUT2D eigenvalue weighted by Gasteiger charge is -2.07. The maximum absolute atomic E-state index is 11.6. The molecule has 0 bridgehead atoms. The lowest BCUT2D eigenvalue weighted by Crippen LogP contribution is -2.12. The van der Waals surface area contributed by atoms with Crippen LogP contribution in [0.5, 0.6) is 0 Å². The Hall–Kier alpha value is -1.60. The highest BCUT2D eigenvalue weighted by Crippen LogP contribution is 2.20. The third kappa shape index (κ3) is 4.22. The highest BCUT2D eigenvalue weighted by atomic mass is 32.2. The smallest absolute Gasteiger partial charge is 0.367 e. The second kappa shape index (κ2) is 6.53. The Bertz CT molecular complexity index is 457. The first-order valence-corrected chi connectivity index (χ1v) is 6.80. The molecule has 1 unspecified atom stereocenters. The van der Waals surface area contributed by atoms with Crippen LogP contribution in [0.4, 0.5) is 10.5 Å². The second-order valence-corrected chi connectivity index (χ2v) is 5.43. The summed E-state index contributed by atoms with van der Waals surface area (Å²) in [6, 6.07) is 5.98. The zero-order valence-electron chi connectivity index (χ0n) is 10.2. The van der Waals surface area contributed by atoms with Gasteiger partial charge in [-0.3, -0.25) is 10.1 Å². The van der Waals surface area contributed by atoms with Crippen LogP contribution in [0.3, 0.4) is 0 Å². The first-order chi connectivity index (χ1) is 9.15. The van der Waals surface area contributed by atoms with Crippen LogP contribution >= 0.6 is 11.8 Å². The number of nitro groups is 1. The largest absolute Gasteiger partial charge is 0.453 e. The van der Waals surface area contributed by atoms with E-state index in [1.54, 1.807) is 12.1 Å². The number of carbonyl (C=O) groups excluding carboxylic acids is 1. The molecule has 1 saturated heterocycles. The van der Waals surface area contributed by atoms with Gasteiger partial charge in [-0.1, -0.05) is 0 Å². The van der Waals surface area contributed by atoms with E-state index in [0.29, 0.717) is 0 Å². The summed E-state index contributed by atoms with van der Waals surface area (Å²) in [5.41, 5.74) is 0.769. The third-order valence-corrected chi connectivity index (χ3v) is 3.83. The molecule has 0 amide bonds. The maximum Gasteiger partial charge on any atom is 0.367 e. The van der Waals surface area contributed by atoms with E-state index in [1.807, 2.05) is 0 Å². The molecule has 0 saturated carbocycles. The van der Waals surface area contributed by atoms with Crippen LogP contribution in [0.1, 0.15) is 12.0 Å². The highest BCUT2D eigenvalue weighted by molar-refractivity contribution is 8.13. The van der Waals surface area contributed by atoms with Crippen molar-refractivity contribution in [2.24, 2.45) is 0 Å². The number of carbonyl (C=O) groups is 1. The Kier molecular flexibility index (Phi) is 4.75. The topological polar surface area (TPSA) is 81.5 Å². The predicted molar refractivity (Wildman–Crippen MR) is 72.1 cm³/mol. The summed E-state index contributed by atoms with van der Waals surface area (Å²) in [6.45, 7) is 1.91. The van der Waals surface area contributed by atoms with E-state index in [-0.39, 0.29) is 22.8 Å². The van der Waals surface area contributed by atoms with Crippen LogP contribution in [-0.2, 0) is 11.3 Å². The quantitative estimate of drug-likeness (QED) is 0.518. The molecule has 0 spiro atoms. The van der Waals surface area contributed by atoms with Gasteiger partial charge in [0.25, 0.3) is 5.69 Å². The van der Waals surface area contributed by atoms with Crippen LogP contribution < -0.4 is 5.32 Å². The van der Waals surface area contributed by atoms with Gasteiger partial charge in [-0.05, 0) is 42.4 Å². The van der Waals surface area contributed by atoms with Crippen molar-refractivity contribution in [2.75, 3.05) is 13.1 Å². The van der Waals surface area contributed by atoms with Crippen LogP contribution in [0.15, 0.2) is 24.3 Å². The van der Waals surface area contributed by atoms with Gasteiger partial charge in [0.05, 0.1) is 4.92 Å². The summed E-state index contributed by atoms with van der Waals surface area (Å²) in [4.78, 5) is 21.6. The molecule has 1 atom stereocenters. The molecule has 1 aliphatic heterocycles. The molecule has 102 valence electrons.